The molecule has 1 aromatic rings. The number of carbonyl (C=O) groups excluding carboxylic acids is 2. The molecule has 0 aliphatic heterocycles. The minimum atomic E-state index is -1.13. The molecule has 0 bridgehead atoms. The van der Waals surface area contributed by atoms with Gasteiger partial charge < -0.3 is 15.7 Å². The van der Waals surface area contributed by atoms with E-state index in [1.165, 1.54) is 20.8 Å². The van der Waals surface area contributed by atoms with Crippen LogP contribution in [0.3, 0.4) is 0 Å². The summed E-state index contributed by atoms with van der Waals surface area (Å²) in [6.45, 7) is 6.01. The molecule has 0 aliphatic carbocycles. The van der Waals surface area contributed by atoms with Gasteiger partial charge in [0.2, 0.25) is 5.91 Å². The smallest absolute Gasteiger partial charge is 0.331 e. The lowest BCUT2D eigenvalue weighted by molar-refractivity contribution is -0.133. The highest BCUT2D eigenvalue weighted by Crippen LogP contribution is 2.21. The van der Waals surface area contributed by atoms with Gasteiger partial charge in [-0.2, -0.15) is 0 Å². The molecule has 0 fully saturated rings. The quantitative estimate of drug-likeness (QED) is 0.741. The molecule has 0 saturated heterocycles. The van der Waals surface area contributed by atoms with Crippen LogP contribution in [0.1, 0.15) is 26.3 Å². The highest BCUT2D eigenvalue weighted by atomic mass is 16.4. The van der Waals surface area contributed by atoms with Crippen molar-refractivity contribution in [2.75, 3.05) is 10.6 Å². The Hall–Kier alpha value is -2.63. The molecule has 1 aromatic carbocycles. The minimum absolute atomic E-state index is 0.0110. The molecule has 0 spiro atoms. The van der Waals surface area contributed by atoms with Gasteiger partial charge in [0.25, 0.3) is 5.91 Å². The van der Waals surface area contributed by atoms with E-state index in [2.05, 4.69) is 10.6 Å². The number of rotatable bonds is 4. The van der Waals surface area contributed by atoms with Crippen molar-refractivity contribution in [3.8, 4) is 0 Å². The van der Waals surface area contributed by atoms with Gasteiger partial charge in [0, 0.05) is 29.4 Å². The third kappa shape index (κ3) is 4.45. The molecule has 0 aromatic heterocycles. The first-order valence-electron chi connectivity index (χ1n) is 6.32. The lowest BCUT2D eigenvalue weighted by atomic mass is 10.1. The zero-order chi connectivity index (χ0) is 16.2. The molecular weight excluding hydrogens is 272 g/mol. The second-order valence-electron chi connectivity index (χ2n) is 4.72. The first-order valence-corrected chi connectivity index (χ1v) is 6.32. The molecule has 0 atom stereocenters. The Morgan fingerprint density at radius 3 is 2.14 bits per heavy atom. The molecule has 0 saturated carbocycles. The number of hydrogen-bond acceptors (Lipinski definition) is 3. The van der Waals surface area contributed by atoms with Gasteiger partial charge >= 0.3 is 5.97 Å². The van der Waals surface area contributed by atoms with E-state index in [0.717, 1.165) is 5.56 Å². The summed E-state index contributed by atoms with van der Waals surface area (Å²) >= 11 is 0. The fourth-order valence-electron chi connectivity index (χ4n) is 1.58. The van der Waals surface area contributed by atoms with Crippen molar-refractivity contribution in [1.82, 2.24) is 0 Å². The van der Waals surface area contributed by atoms with Gasteiger partial charge in [-0.3, -0.25) is 9.59 Å². The van der Waals surface area contributed by atoms with Gasteiger partial charge in [-0.25, -0.2) is 4.79 Å². The van der Waals surface area contributed by atoms with E-state index in [1.54, 1.807) is 25.1 Å². The van der Waals surface area contributed by atoms with Gasteiger partial charge in [-0.15, -0.1) is 0 Å². The van der Waals surface area contributed by atoms with E-state index in [1.807, 2.05) is 0 Å². The molecule has 1 rings (SSSR count). The number of carboxylic acid groups (broad SMARTS) is 1. The Morgan fingerprint density at radius 1 is 1.00 bits per heavy atom. The van der Waals surface area contributed by atoms with Crippen LogP contribution in [-0.4, -0.2) is 22.9 Å². The Morgan fingerprint density at radius 2 is 1.62 bits per heavy atom. The molecule has 6 heteroatoms. The average Bonchev–Trinajstić information content (AvgIpc) is 2.40. The third-order valence-corrected chi connectivity index (χ3v) is 3.03. The van der Waals surface area contributed by atoms with Crippen LogP contribution in [-0.2, 0) is 14.4 Å². The average molecular weight is 290 g/mol. The molecule has 0 unspecified atom stereocenters. The second kappa shape index (κ2) is 6.69. The molecule has 0 radical (unpaired) electrons. The molecule has 112 valence electrons. The van der Waals surface area contributed by atoms with E-state index >= 15 is 0 Å². The largest absolute Gasteiger partial charge is 0.478 e. The number of amides is 2. The fourth-order valence-corrected chi connectivity index (χ4v) is 1.58. The van der Waals surface area contributed by atoms with Crippen LogP contribution in [0.4, 0.5) is 11.4 Å². The van der Waals surface area contributed by atoms with Crippen LogP contribution in [0.15, 0.2) is 29.3 Å². The molecule has 21 heavy (non-hydrogen) atoms. The highest BCUT2D eigenvalue weighted by Gasteiger charge is 2.14. The van der Waals surface area contributed by atoms with Crippen molar-refractivity contribution < 1.29 is 19.5 Å². The summed E-state index contributed by atoms with van der Waals surface area (Å²) in [6.07, 6.45) is 0. The lowest BCUT2D eigenvalue weighted by Gasteiger charge is -2.12. The van der Waals surface area contributed by atoms with Gasteiger partial charge in [0.15, 0.2) is 0 Å². The fraction of sp³-hybridized carbons (Fsp3) is 0.267. The molecule has 0 heterocycles. The van der Waals surface area contributed by atoms with Crippen molar-refractivity contribution in [3.63, 3.8) is 0 Å². The third-order valence-electron chi connectivity index (χ3n) is 3.03. The first kappa shape index (κ1) is 16.4. The normalized spacial score (nSPS) is 11.4. The maximum absolute atomic E-state index is 12.0. The topological polar surface area (TPSA) is 95.5 Å². The van der Waals surface area contributed by atoms with Crippen LogP contribution < -0.4 is 10.6 Å². The maximum atomic E-state index is 12.0. The highest BCUT2D eigenvalue weighted by molar-refractivity contribution is 6.08. The second-order valence-corrected chi connectivity index (χ2v) is 4.72. The lowest BCUT2D eigenvalue weighted by Crippen LogP contribution is -2.17. The number of carbonyl (C=O) groups is 3. The Kier molecular flexibility index (Phi) is 5.24. The van der Waals surface area contributed by atoms with E-state index in [0.29, 0.717) is 11.4 Å². The monoisotopic (exact) mass is 290 g/mol. The van der Waals surface area contributed by atoms with Crippen molar-refractivity contribution in [2.24, 2.45) is 0 Å². The van der Waals surface area contributed by atoms with Gasteiger partial charge in [0.1, 0.15) is 0 Å². The van der Waals surface area contributed by atoms with E-state index in [4.69, 9.17) is 5.11 Å². The summed E-state index contributed by atoms with van der Waals surface area (Å²) in [4.78, 5) is 33.9. The van der Waals surface area contributed by atoms with Gasteiger partial charge in [0.05, 0.1) is 0 Å². The molecular formula is C15H18N2O4. The summed E-state index contributed by atoms with van der Waals surface area (Å²) < 4.78 is 0. The van der Waals surface area contributed by atoms with Crippen LogP contribution >= 0.6 is 0 Å². The minimum Gasteiger partial charge on any atom is -0.478 e. The van der Waals surface area contributed by atoms with Gasteiger partial charge in [-0.1, -0.05) is 6.07 Å². The van der Waals surface area contributed by atoms with E-state index in [-0.39, 0.29) is 17.1 Å². The predicted molar refractivity (Wildman–Crippen MR) is 80.1 cm³/mol. The summed E-state index contributed by atoms with van der Waals surface area (Å²) in [5.74, 6) is -1.83. The summed E-state index contributed by atoms with van der Waals surface area (Å²) in [6, 6.07) is 5.10. The van der Waals surface area contributed by atoms with Crippen molar-refractivity contribution in [1.29, 1.82) is 0 Å². The van der Waals surface area contributed by atoms with Crippen molar-refractivity contribution >= 4 is 29.2 Å². The number of hydrogen-bond donors (Lipinski definition) is 3. The van der Waals surface area contributed by atoms with Gasteiger partial charge in [-0.05, 0) is 38.5 Å². The Labute approximate surface area is 122 Å². The number of aliphatic carboxylic acids is 1. The van der Waals surface area contributed by atoms with E-state index < -0.39 is 11.9 Å². The van der Waals surface area contributed by atoms with Crippen molar-refractivity contribution in [2.45, 2.75) is 27.7 Å². The van der Waals surface area contributed by atoms with Crippen LogP contribution in [0.25, 0.3) is 0 Å². The number of nitrogens with one attached hydrogen (secondary N) is 2. The zero-order valence-electron chi connectivity index (χ0n) is 12.4. The SMILES string of the molecule is CC(=O)Nc1ccc(C)c(NC(=O)C(C)=C(C)C(=O)O)c1. The molecule has 0 aliphatic rings. The number of benzene rings is 1. The number of carboxylic acids is 1. The van der Waals surface area contributed by atoms with Crippen LogP contribution in [0.5, 0.6) is 0 Å². The summed E-state index contributed by atoms with van der Waals surface area (Å²) in [7, 11) is 0. The standard InChI is InChI=1S/C15H18N2O4/c1-8-5-6-12(16-11(4)18)7-13(8)17-14(19)9(2)10(3)15(20)21/h5-7H,1-4H3,(H,16,18)(H,17,19)(H,20,21). The molecule has 3 N–H and O–H groups in total. The maximum Gasteiger partial charge on any atom is 0.331 e. The zero-order valence-corrected chi connectivity index (χ0v) is 12.4. The van der Waals surface area contributed by atoms with Crippen molar-refractivity contribution in [3.05, 3.63) is 34.9 Å². The van der Waals surface area contributed by atoms with E-state index in [9.17, 15) is 14.4 Å². The Balaban J connectivity index is 3.02. The number of anilines is 2. The molecule has 6 nitrogen and oxygen atoms in total. The first-order chi connectivity index (χ1) is 9.72. The predicted octanol–water partition coefficient (Wildman–Crippen LogP) is 2.31. The van der Waals surface area contributed by atoms with Crippen LogP contribution in [0, 0.1) is 6.92 Å². The number of aryl methyl sites for hydroxylation is 1. The Bertz CT molecular complexity index is 633. The molecule has 2 amide bonds. The van der Waals surface area contributed by atoms with Crippen LogP contribution in [0.2, 0.25) is 0 Å². The summed E-state index contributed by atoms with van der Waals surface area (Å²) in [5.41, 5.74) is 2.00. The summed E-state index contributed by atoms with van der Waals surface area (Å²) in [5, 5.41) is 14.1.